The molecular weight excluding hydrogens is 287 g/mol. The van der Waals surface area contributed by atoms with Crippen molar-refractivity contribution in [2.24, 2.45) is 5.10 Å². The summed E-state index contributed by atoms with van der Waals surface area (Å²) in [6, 6.07) is 4.79. The highest BCUT2D eigenvalue weighted by molar-refractivity contribution is 6.35. The lowest BCUT2D eigenvalue weighted by molar-refractivity contribution is -0.127. The molecule has 1 aromatic carbocycles. The number of ether oxygens (including phenoxy) is 1. The lowest BCUT2D eigenvalue weighted by Gasteiger charge is -2.14. The Labute approximate surface area is 122 Å². The van der Waals surface area contributed by atoms with Crippen molar-refractivity contribution in [1.82, 2.24) is 5.43 Å². The van der Waals surface area contributed by atoms with Crippen LogP contribution in [0.5, 0.6) is 5.75 Å². The molecule has 6 heteroatoms. The van der Waals surface area contributed by atoms with Gasteiger partial charge in [-0.15, -0.1) is 0 Å². The van der Waals surface area contributed by atoms with E-state index in [0.717, 1.165) is 0 Å². The van der Waals surface area contributed by atoms with Crippen molar-refractivity contribution in [1.29, 1.82) is 0 Å². The number of nitrogens with one attached hydrogen (secondary N) is 1. The van der Waals surface area contributed by atoms with E-state index in [9.17, 15) is 4.79 Å². The van der Waals surface area contributed by atoms with Crippen LogP contribution in [0.3, 0.4) is 0 Å². The molecule has 1 N–H and O–H groups in total. The van der Waals surface area contributed by atoms with Crippen LogP contribution in [0.1, 0.15) is 13.8 Å². The third kappa shape index (κ3) is 5.32. The summed E-state index contributed by atoms with van der Waals surface area (Å²) in [6.45, 7) is 3.45. The molecule has 1 atom stereocenters. The molecule has 0 saturated heterocycles. The fourth-order valence-electron chi connectivity index (χ4n) is 1.14. The van der Waals surface area contributed by atoms with Crippen LogP contribution in [-0.2, 0) is 4.79 Å². The molecule has 0 aromatic heterocycles. The second-order valence-electron chi connectivity index (χ2n) is 3.61. The lowest BCUT2D eigenvalue weighted by Crippen LogP contribution is -2.33. The second kappa shape index (κ2) is 7.81. The standard InChI is InChI=1S/C13H14Cl2N2O2/c1-3-4-7-16-17-13(18)9(2)19-12-6-5-10(14)8-11(12)15/h3-9H,1-2H3,(H,17,18). The van der Waals surface area contributed by atoms with Gasteiger partial charge in [0.25, 0.3) is 5.91 Å². The van der Waals surface area contributed by atoms with Gasteiger partial charge in [0, 0.05) is 11.2 Å². The lowest BCUT2D eigenvalue weighted by atomic mass is 10.3. The van der Waals surface area contributed by atoms with E-state index in [4.69, 9.17) is 27.9 Å². The van der Waals surface area contributed by atoms with Gasteiger partial charge >= 0.3 is 0 Å². The Morgan fingerprint density at radius 3 is 2.84 bits per heavy atom. The smallest absolute Gasteiger partial charge is 0.280 e. The van der Waals surface area contributed by atoms with Crippen LogP contribution < -0.4 is 10.2 Å². The number of hydrazone groups is 1. The normalized spacial score (nSPS) is 12.8. The first-order valence-electron chi connectivity index (χ1n) is 5.60. The van der Waals surface area contributed by atoms with Gasteiger partial charge in [0.15, 0.2) is 6.10 Å². The predicted octanol–water partition coefficient (Wildman–Crippen LogP) is 3.44. The van der Waals surface area contributed by atoms with Gasteiger partial charge in [-0.1, -0.05) is 29.3 Å². The monoisotopic (exact) mass is 300 g/mol. The van der Waals surface area contributed by atoms with Crippen molar-refractivity contribution < 1.29 is 9.53 Å². The van der Waals surface area contributed by atoms with Crippen LogP contribution in [-0.4, -0.2) is 18.2 Å². The molecule has 19 heavy (non-hydrogen) atoms. The molecule has 0 bridgehead atoms. The van der Waals surface area contributed by atoms with Crippen molar-refractivity contribution in [3.63, 3.8) is 0 Å². The van der Waals surface area contributed by atoms with Gasteiger partial charge in [0.2, 0.25) is 0 Å². The molecule has 0 fully saturated rings. The minimum absolute atomic E-state index is 0.351. The molecule has 102 valence electrons. The van der Waals surface area contributed by atoms with Gasteiger partial charge in [-0.2, -0.15) is 5.10 Å². The van der Waals surface area contributed by atoms with Crippen LogP contribution in [0.25, 0.3) is 0 Å². The third-order valence-electron chi connectivity index (χ3n) is 2.09. The van der Waals surface area contributed by atoms with E-state index in [1.807, 2.05) is 6.92 Å². The first-order chi connectivity index (χ1) is 9.04. The number of hydrogen-bond donors (Lipinski definition) is 1. The zero-order chi connectivity index (χ0) is 14.3. The molecule has 1 amide bonds. The Morgan fingerprint density at radius 2 is 2.21 bits per heavy atom. The topological polar surface area (TPSA) is 50.7 Å². The number of allylic oxidation sites excluding steroid dienone is 2. The van der Waals surface area contributed by atoms with Gasteiger partial charge < -0.3 is 4.74 Å². The highest BCUT2D eigenvalue weighted by atomic mass is 35.5. The predicted molar refractivity (Wildman–Crippen MR) is 78.0 cm³/mol. The van der Waals surface area contributed by atoms with Crippen LogP contribution in [0.4, 0.5) is 0 Å². The molecule has 0 aliphatic rings. The number of hydrogen-bond acceptors (Lipinski definition) is 3. The van der Waals surface area contributed by atoms with Gasteiger partial charge in [-0.25, -0.2) is 5.43 Å². The fourth-order valence-corrected chi connectivity index (χ4v) is 1.59. The zero-order valence-electron chi connectivity index (χ0n) is 10.6. The number of halogens is 2. The number of amides is 1. The van der Waals surface area contributed by atoms with Gasteiger partial charge in [-0.3, -0.25) is 4.79 Å². The van der Waals surface area contributed by atoms with Crippen LogP contribution in [0, 0.1) is 0 Å². The highest BCUT2D eigenvalue weighted by Crippen LogP contribution is 2.28. The molecule has 0 radical (unpaired) electrons. The molecular formula is C13H14Cl2N2O2. The number of nitrogens with zero attached hydrogens (tertiary/aromatic N) is 1. The van der Waals surface area contributed by atoms with Gasteiger partial charge in [0.1, 0.15) is 5.75 Å². The summed E-state index contributed by atoms with van der Waals surface area (Å²) in [6.07, 6.45) is 4.24. The molecule has 0 heterocycles. The summed E-state index contributed by atoms with van der Waals surface area (Å²) in [5, 5.41) is 4.57. The Bertz CT molecular complexity index is 501. The van der Waals surface area contributed by atoms with Crippen LogP contribution in [0.2, 0.25) is 10.0 Å². The molecule has 1 rings (SSSR count). The quantitative estimate of drug-likeness (QED) is 0.669. The van der Waals surface area contributed by atoms with E-state index in [1.54, 1.807) is 37.3 Å². The molecule has 1 unspecified atom stereocenters. The summed E-state index contributed by atoms with van der Waals surface area (Å²) in [7, 11) is 0. The van der Waals surface area contributed by atoms with Crippen LogP contribution >= 0.6 is 23.2 Å². The number of benzene rings is 1. The zero-order valence-corrected chi connectivity index (χ0v) is 12.1. The number of rotatable bonds is 5. The largest absolute Gasteiger partial charge is 0.479 e. The van der Waals surface area contributed by atoms with Crippen molar-refractivity contribution in [2.45, 2.75) is 20.0 Å². The molecule has 0 aliphatic carbocycles. The molecule has 0 saturated carbocycles. The molecule has 1 aromatic rings. The Hall–Kier alpha value is -1.52. The summed E-state index contributed by atoms with van der Waals surface area (Å²) in [5.41, 5.74) is 2.35. The van der Waals surface area contributed by atoms with E-state index < -0.39 is 6.10 Å². The maximum Gasteiger partial charge on any atom is 0.280 e. The van der Waals surface area contributed by atoms with Crippen LogP contribution in [0.15, 0.2) is 35.5 Å². The highest BCUT2D eigenvalue weighted by Gasteiger charge is 2.15. The first kappa shape index (κ1) is 15.5. The van der Waals surface area contributed by atoms with E-state index in [2.05, 4.69) is 10.5 Å². The van der Waals surface area contributed by atoms with E-state index in [0.29, 0.717) is 15.8 Å². The third-order valence-corrected chi connectivity index (χ3v) is 2.63. The number of carbonyl (C=O) groups is 1. The Morgan fingerprint density at radius 1 is 1.47 bits per heavy atom. The summed E-state index contributed by atoms with van der Waals surface area (Å²) >= 11 is 11.7. The van der Waals surface area contributed by atoms with Gasteiger partial charge in [-0.05, 0) is 38.1 Å². The summed E-state index contributed by atoms with van der Waals surface area (Å²) in [5.74, 6) is 0.0259. The molecule has 0 aliphatic heterocycles. The van der Waals surface area contributed by atoms with Crippen molar-refractivity contribution in [3.05, 3.63) is 40.4 Å². The van der Waals surface area contributed by atoms with Crippen molar-refractivity contribution in [2.75, 3.05) is 0 Å². The Kier molecular flexibility index (Phi) is 6.39. The average Bonchev–Trinajstić information content (AvgIpc) is 2.37. The number of carbonyl (C=O) groups excluding carboxylic acids is 1. The Balaban J connectivity index is 2.58. The van der Waals surface area contributed by atoms with Crippen molar-refractivity contribution >= 4 is 35.3 Å². The summed E-state index contributed by atoms with van der Waals surface area (Å²) < 4.78 is 5.42. The SMILES string of the molecule is CC=CC=NNC(=O)C(C)Oc1ccc(Cl)cc1Cl. The maximum atomic E-state index is 11.6. The minimum atomic E-state index is -0.721. The minimum Gasteiger partial charge on any atom is -0.479 e. The fraction of sp³-hybridized carbons (Fsp3) is 0.231. The maximum absolute atomic E-state index is 11.6. The average molecular weight is 301 g/mol. The van der Waals surface area contributed by atoms with E-state index >= 15 is 0 Å². The molecule has 0 spiro atoms. The van der Waals surface area contributed by atoms with Crippen molar-refractivity contribution in [3.8, 4) is 5.75 Å². The van der Waals surface area contributed by atoms with Gasteiger partial charge in [0.05, 0.1) is 5.02 Å². The van der Waals surface area contributed by atoms with E-state index in [-0.39, 0.29) is 5.91 Å². The second-order valence-corrected chi connectivity index (χ2v) is 4.46. The van der Waals surface area contributed by atoms with E-state index in [1.165, 1.54) is 6.21 Å². The first-order valence-corrected chi connectivity index (χ1v) is 6.36. The molecule has 4 nitrogen and oxygen atoms in total. The summed E-state index contributed by atoms with van der Waals surface area (Å²) in [4.78, 5) is 11.6.